The van der Waals surface area contributed by atoms with Gasteiger partial charge in [0.15, 0.2) is 0 Å². The summed E-state index contributed by atoms with van der Waals surface area (Å²) in [5.74, 6) is 1.14. The van der Waals surface area contributed by atoms with E-state index in [1.54, 1.807) is 32.4 Å². The predicted molar refractivity (Wildman–Crippen MR) is 82.9 cm³/mol. The Morgan fingerprint density at radius 2 is 2.10 bits per heavy atom. The minimum absolute atomic E-state index is 0.0304. The molecule has 1 aromatic carbocycles. The van der Waals surface area contributed by atoms with Gasteiger partial charge in [-0.25, -0.2) is 8.42 Å². The van der Waals surface area contributed by atoms with Crippen molar-refractivity contribution in [1.29, 1.82) is 0 Å². The first-order valence-corrected chi connectivity index (χ1v) is 8.70. The van der Waals surface area contributed by atoms with Gasteiger partial charge >= 0.3 is 0 Å². The van der Waals surface area contributed by atoms with E-state index in [4.69, 9.17) is 10.5 Å². The number of ether oxygens (including phenoxy) is 1. The molecule has 1 fully saturated rings. The van der Waals surface area contributed by atoms with Gasteiger partial charge in [0.25, 0.3) is 0 Å². The summed E-state index contributed by atoms with van der Waals surface area (Å²) in [6.07, 6.45) is 2.73. The van der Waals surface area contributed by atoms with Gasteiger partial charge in [0.1, 0.15) is 5.75 Å². The smallest absolute Gasteiger partial charge is 0.243 e. The van der Waals surface area contributed by atoms with E-state index >= 15 is 0 Å². The molecule has 0 aromatic heterocycles. The third-order valence-electron chi connectivity index (χ3n) is 4.22. The number of nitrogens with zero attached hydrogens (tertiary/aromatic N) is 1. The fourth-order valence-electron chi connectivity index (χ4n) is 2.53. The van der Waals surface area contributed by atoms with Gasteiger partial charge in [0.2, 0.25) is 10.0 Å². The van der Waals surface area contributed by atoms with Crippen molar-refractivity contribution in [3.8, 4) is 5.75 Å². The SMILES string of the molecule is COc1ccc(S(=O)(=O)N(C)C(C)C2CC2)c(CCN)c1. The zero-order chi connectivity index (χ0) is 15.6. The lowest BCUT2D eigenvalue weighted by Crippen LogP contribution is -2.37. The van der Waals surface area contributed by atoms with Crippen LogP contribution in [-0.4, -0.2) is 39.5 Å². The Morgan fingerprint density at radius 3 is 2.62 bits per heavy atom. The van der Waals surface area contributed by atoms with Gasteiger partial charge in [-0.05, 0) is 62.4 Å². The van der Waals surface area contributed by atoms with Crippen LogP contribution >= 0.6 is 0 Å². The van der Waals surface area contributed by atoms with Crippen molar-refractivity contribution in [2.75, 3.05) is 20.7 Å². The molecule has 2 N–H and O–H groups in total. The number of benzene rings is 1. The van der Waals surface area contributed by atoms with Crippen molar-refractivity contribution in [2.45, 2.75) is 37.1 Å². The topological polar surface area (TPSA) is 72.6 Å². The lowest BCUT2D eigenvalue weighted by atomic mass is 10.1. The zero-order valence-electron chi connectivity index (χ0n) is 12.9. The van der Waals surface area contributed by atoms with Crippen molar-refractivity contribution >= 4 is 10.0 Å². The summed E-state index contributed by atoms with van der Waals surface area (Å²) in [4.78, 5) is 0.337. The molecule has 1 aromatic rings. The molecule has 0 saturated heterocycles. The summed E-state index contributed by atoms with van der Waals surface area (Å²) in [5, 5.41) is 0. The standard InChI is InChI=1S/C15H24N2O3S/c1-11(12-4-5-12)17(2)21(18,19)15-7-6-14(20-3)10-13(15)8-9-16/h6-7,10-12H,4-5,8-9,16H2,1-3H3. The van der Waals surface area contributed by atoms with E-state index in [-0.39, 0.29) is 6.04 Å². The van der Waals surface area contributed by atoms with Crippen LogP contribution in [0.3, 0.4) is 0 Å². The van der Waals surface area contributed by atoms with Crippen molar-refractivity contribution in [2.24, 2.45) is 11.7 Å². The van der Waals surface area contributed by atoms with Crippen LogP contribution in [-0.2, 0) is 16.4 Å². The number of methoxy groups -OCH3 is 1. The van der Waals surface area contributed by atoms with Crippen molar-refractivity contribution in [1.82, 2.24) is 4.31 Å². The first-order chi connectivity index (χ1) is 9.91. The summed E-state index contributed by atoms with van der Waals surface area (Å²) in [5.41, 5.74) is 6.32. The molecule has 0 spiro atoms. The van der Waals surface area contributed by atoms with Crippen LogP contribution in [0.4, 0.5) is 0 Å². The predicted octanol–water partition coefficient (Wildman–Crippen LogP) is 1.62. The average Bonchev–Trinajstić information content (AvgIpc) is 3.30. The second-order valence-corrected chi connectivity index (χ2v) is 7.58. The van der Waals surface area contributed by atoms with E-state index in [2.05, 4.69) is 0 Å². The highest BCUT2D eigenvalue weighted by atomic mass is 32.2. The van der Waals surface area contributed by atoms with Crippen LogP contribution in [0.5, 0.6) is 5.75 Å². The third-order valence-corrected chi connectivity index (χ3v) is 6.26. The monoisotopic (exact) mass is 312 g/mol. The van der Waals surface area contributed by atoms with E-state index in [1.807, 2.05) is 6.92 Å². The summed E-state index contributed by atoms with van der Waals surface area (Å²) in [7, 11) is -0.271. The van der Waals surface area contributed by atoms with Gasteiger partial charge in [-0.3, -0.25) is 0 Å². The Hall–Kier alpha value is -1.11. The largest absolute Gasteiger partial charge is 0.497 e. The molecule has 0 aliphatic heterocycles. The maximum Gasteiger partial charge on any atom is 0.243 e. The Kier molecular flexibility index (Phi) is 4.91. The molecule has 1 unspecified atom stereocenters. The summed E-state index contributed by atoms with van der Waals surface area (Å²) in [6, 6.07) is 5.09. The van der Waals surface area contributed by atoms with E-state index < -0.39 is 10.0 Å². The van der Waals surface area contributed by atoms with Gasteiger partial charge in [0.05, 0.1) is 12.0 Å². The molecule has 21 heavy (non-hydrogen) atoms. The number of hydrogen-bond donors (Lipinski definition) is 1. The number of sulfonamides is 1. The van der Waals surface area contributed by atoms with Crippen LogP contribution in [0.25, 0.3) is 0 Å². The summed E-state index contributed by atoms with van der Waals surface area (Å²) >= 11 is 0. The number of hydrogen-bond acceptors (Lipinski definition) is 4. The quantitative estimate of drug-likeness (QED) is 0.830. The number of nitrogens with two attached hydrogens (primary N) is 1. The molecule has 0 bridgehead atoms. The molecule has 1 aliphatic carbocycles. The first-order valence-electron chi connectivity index (χ1n) is 7.26. The Labute approximate surface area is 127 Å². The van der Waals surface area contributed by atoms with E-state index in [9.17, 15) is 8.42 Å². The molecule has 118 valence electrons. The van der Waals surface area contributed by atoms with Gasteiger partial charge in [-0.1, -0.05) is 0 Å². The highest BCUT2D eigenvalue weighted by Gasteiger charge is 2.36. The lowest BCUT2D eigenvalue weighted by Gasteiger charge is -2.25. The van der Waals surface area contributed by atoms with Gasteiger partial charge in [-0.15, -0.1) is 0 Å². The van der Waals surface area contributed by atoms with Crippen LogP contribution in [0, 0.1) is 5.92 Å². The molecule has 5 nitrogen and oxygen atoms in total. The molecule has 1 aliphatic rings. The second-order valence-electron chi connectivity index (χ2n) is 5.61. The Morgan fingerprint density at radius 1 is 1.43 bits per heavy atom. The fourth-order valence-corrected chi connectivity index (χ4v) is 4.19. The Balaban J connectivity index is 2.38. The van der Waals surface area contributed by atoms with Crippen molar-refractivity contribution < 1.29 is 13.2 Å². The molecule has 2 rings (SSSR count). The second kappa shape index (κ2) is 6.34. The van der Waals surface area contributed by atoms with E-state index in [0.717, 1.165) is 12.8 Å². The van der Waals surface area contributed by atoms with Crippen molar-refractivity contribution in [3.05, 3.63) is 23.8 Å². The molecule has 1 atom stereocenters. The summed E-state index contributed by atoms with van der Waals surface area (Å²) in [6.45, 7) is 2.37. The zero-order valence-corrected chi connectivity index (χ0v) is 13.7. The van der Waals surface area contributed by atoms with Crippen LogP contribution in [0.1, 0.15) is 25.3 Å². The fraction of sp³-hybridized carbons (Fsp3) is 0.600. The average molecular weight is 312 g/mol. The van der Waals surface area contributed by atoms with E-state index in [1.165, 1.54) is 4.31 Å². The molecule has 1 saturated carbocycles. The van der Waals surface area contributed by atoms with Crippen LogP contribution in [0.15, 0.2) is 23.1 Å². The first kappa shape index (κ1) is 16.3. The summed E-state index contributed by atoms with van der Waals surface area (Å²) < 4.78 is 32.4. The highest BCUT2D eigenvalue weighted by molar-refractivity contribution is 7.89. The third kappa shape index (κ3) is 3.39. The highest BCUT2D eigenvalue weighted by Crippen LogP contribution is 2.37. The van der Waals surface area contributed by atoms with Crippen molar-refractivity contribution in [3.63, 3.8) is 0 Å². The lowest BCUT2D eigenvalue weighted by molar-refractivity contribution is 0.356. The molecule has 0 radical (unpaired) electrons. The van der Waals surface area contributed by atoms with Crippen LogP contribution < -0.4 is 10.5 Å². The number of rotatable bonds is 7. The maximum absolute atomic E-state index is 12.8. The minimum Gasteiger partial charge on any atom is -0.497 e. The molecule has 6 heteroatoms. The maximum atomic E-state index is 12.8. The molecular weight excluding hydrogens is 288 g/mol. The van der Waals surface area contributed by atoms with Gasteiger partial charge in [0, 0.05) is 13.1 Å². The molecule has 0 amide bonds. The minimum atomic E-state index is -3.50. The molecule has 0 heterocycles. The normalized spacial score (nSPS) is 17.0. The van der Waals surface area contributed by atoms with Gasteiger partial charge in [-0.2, -0.15) is 4.31 Å². The van der Waals surface area contributed by atoms with Crippen LogP contribution in [0.2, 0.25) is 0 Å². The Bertz CT molecular complexity index is 597. The van der Waals surface area contributed by atoms with E-state index in [0.29, 0.717) is 35.1 Å². The van der Waals surface area contributed by atoms with Gasteiger partial charge < -0.3 is 10.5 Å². The molecular formula is C15H24N2O3S.